The van der Waals surface area contributed by atoms with Crippen molar-refractivity contribution in [3.8, 4) is 0 Å². The van der Waals surface area contributed by atoms with Gasteiger partial charge in [-0.05, 0) is 37.6 Å². The van der Waals surface area contributed by atoms with E-state index in [2.05, 4.69) is 10.3 Å². The third-order valence-corrected chi connectivity index (χ3v) is 3.59. The van der Waals surface area contributed by atoms with Crippen LogP contribution in [0.2, 0.25) is 0 Å². The quantitative estimate of drug-likeness (QED) is 0.765. The topological polar surface area (TPSA) is 79.3 Å². The van der Waals surface area contributed by atoms with Gasteiger partial charge in [-0.25, -0.2) is 0 Å². The van der Waals surface area contributed by atoms with E-state index in [4.69, 9.17) is 0 Å². The zero-order valence-corrected chi connectivity index (χ0v) is 13.0. The predicted molar refractivity (Wildman–Crippen MR) is 87.3 cm³/mol. The normalized spacial score (nSPS) is 11.7. The van der Waals surface area contributed by atoms with Gasteiger partial charge in [0.15, 0.2) is 5.78 Å². The third kappa shape index (κ3) is 5.00. The largest absolute Gasteiger partial charge is 0.396 e. The molecule has 2 rings (SSSR count). The van der Waals surface area contributed by atoms with Crippen molar-refractivity contribution >= 4 is 11.7 Å². The summed E-state index contributed by atoms with van der Waals surface area (Å²) in [6.45, 7) is 1.82. The molecule has 1 heterocycles. The number of nitrogens with one attached hydrogen (secondary N) is 1. The van der Waals surface area contributed by atoms with Crippen molar-refractivity contribution in [1.29, 1.82) is 0 Å². The van der Waals surface area contributed by atoms with E-state index in [1.54, 1.807) is 30.5 Å². The van der Waals surface area contributed by atoms with Crippen LogP contribution in [0.15, 0.2) is 48.7 Å². The van der Waals surface area contributed by atoms with E-state index in [-0.39, 0.29) is 24.2 Å². The summed E-state index contributed by atoms with van der Waals surface area (Å²) in [4.78, 5) is 27.5. The molecule has 0 radical (unpaired) electrons. The molecule has 2 aromatic rings. The molecule has 5 heteroatoms. The number of carbonyl (C=O) groups is 2. The highest BCUT2D eigenvalue weighted by atomic mass is 16.3. The average Bonchev–Trinajstić information content (AvgIpc) is 2.59. The second-order valence-corrected chi connectivity index (χ2v) is 5.42. The molecule has 1 atom stereocenters. The molecule has 23 heavy (non-hydrogen) atoms. The molecule has 1 unspecified atom stereocenters. The van der Waals surface area contributed by atoms with Gasteiger partial charge >= 0.3 is 0 Å². The molecule has 120 valence electrons. The van der Waals surface area contributed by atoms with E-state index in [1.807, 2.05) is 18.2 Å². The number of aliphatic hydroxyl groups excluding tert-OH is 1. The minimum atomic E-state index is -0.223. The molecule has 0 saturated carbocycles. The SMILES string of the molecule is CC(=O)c1ccc(C(=O)NCC(CO)Cc2ccccn2)cc1. The van der Waals surface area contributed by atoms with Crippen molar-refractivity contribution in [3.63, 3.8) is 0 Å². The molecule has 0 saturated heterocycles. The number of amides is 1. The fraction of sp³-hybridized carbons (Fsp3) is 0.278. The Hall–Kier alpha value is -2.53. The van der Waals surface area contributed by atoms with Crippen LogP contribution >= 0.6 is 0 Å². The van der Waals surface area contributed by atoms with Crippen molar-refractivity contribution in [2.45, 2.75) is 13.3 Å². The summed E-state index contributed by atoms with van der Waals surface area (Å²) in [6, 6.07) is 12.1. The fourth-order valence-corrected chi connectivity index (χ4v) is 2.21. The van der Waals surface area contributed by atoms with Crippen LogP contribution in [0, 0.1) is 5.92 Å². The van der Waals surface area contributed by atoms with Crippen molar-refractivity contribution in [3.05, 3.63) is 65.5 Å². The lowest BCUT2D eigenvalue weighted by Gasteiger charge is -2.14. The molecule has 0 aliphatic carbocycles. The molecule has 1 aromatic heterocycles. The number of aromatic nitrogens is 1. The van der Waals surface area contributed by atoms with Crippen molar-refractivity contribution < 1.29 is 14.7 Å². The summed E-state index contributed by atoms with van der Waals surface area (Å²) in [5.74, 6) is -0.349. The fourth-order valence-electron chi connectivity index (χ4n) is 2.21. The molecular formula is C18H20N2O3. The Labute approximate surface area is 135 Å². The molecule has 0 aliphatic rings. The summed E-state index contributed by atoms with van der Waals surface area (Å²) in [7, 11) is 0. The Kier molecular flexibility index (Phi) is 6.00. The second-order valence-electron chi connectivity index (χ2n) is 5.42. The van der Waals surface area contributed by atoms with Gasteiger partial charge in [-0.1, -0.05) is 18.2 Å². The molecule has 2 N–H and O–H groups in total. The van der Waals surface area contributed by atoms with E-state index >= 15 is 0 Å². The van der Waals surface area contributed by atoms with E-state index in [9.17, 15) is 14.7 Å². The van der Waals surface area contributed by atoms with E-state index in [0.717, 1.165) is 5.69 Å². The summed E-state index contributed by atoms with van der Waals surface area (Å²) >= 11 is 0. The first-order valence-corrected chi connectivity index (χ1v) is 7.50. The highest BCUT2D eigenvalue weighted by Gasteiger charge is 2.12. The Morgan fingerprint density at radius 1 is 1.13 bits per heavy atom. The van der Waals surface area contributed by atoms with Crippen molar-refractivity contribution in [2.24, 2.45) is 5.92 Å². The minimum absolute atomic E-state index is 0.0277. The molecule has 5 nitrogen and oxygen atoms in total. The summed E-state index contributed by atoms with van der Waals surface area (Å²) < 4.78 is 0. The van der Waals surface area contributed by atoms with Gasteiger partial charge in [-0.15, -0.1) is 0 Å². The van der Waals surface area contributed by atoms with Crippen molar-refractivity contribution in [2.75, 3.05) is 13.2 Å². The van der Waals surface area contributed by atoms with Crippen LogP contribution in [0.25, 0.3) is 0 Å². The maximum Gasteiger partial charge on any atom is 0.251 e. The zero-order chi connectivity index (χ0) is 16.7. The molecular weight excluding hydrogens is 292 g/mol. The van der Waals surface area contributed by atoms with Gasteiger partial charge in [0.2, 0.25) is 0 Å². The van der Waals surface area contributed by atoms with Crippen LogP contribution in [-0.2, 0) is 6.42 Å². The molecule has 0 bridgehead atoms. The van der Waals surface area contributed by atoms with Crippen LogP contribution < -0.4 is 5.32 Å². The van der Waals surface area contributed by atoms with Crippen LogP contribution in [0.5, 0.6) is 0 Å². The number of hydrogen-bond donors (Lipinski definition) is 2. The highest BCUT2D eigenvalue weighted by molar-refractivity contribution is 5.97. The van der Waals surface area contributed by atoms with Gasteiger partial charge in [0.25, 0.3) is 5.91 Å². The van der Waals surface area contributed by atoms with Gasteiger partial charge in [-0.2, -0.15) is 0 Å². The van der Waals surface area contributed by atoms with Gasteiger partial charge in [-0.3, -0.25) is 14.6 Å². The van der Waals surface area contributed by atoms with Gasteiger partial charge < -0.3 is 10.4 Å². The standard InChI is InChI=1S/C18H20N2O3/c1-13(22)15-5-7-16(8-6-15)18(23)20-11-14(12-21)10-17-4-2-3-9-19-17/h2-9,14,21H,10-12H2,1H3,(H,20,23). The van der Waals surface area contributed by atoms with E-state index in [1.165, 1.54) is 6.92 Å². The predicted octanol–water partition coefficient (Wildman–Crippen LogP) is 1.87. The average molecular weight is 312 g/mol. The lowest BCUT2D eigenvalue weighted by molar-refractivity contribution is 0.0938. The first kappa shape index (κ1) is 16.8. The molecule has 1 aromatic carbocycles. The molecule has 0 spiro atoms. The number of pyridine rings is 1. The zero-order valence-electron chi connectivity index (χ0n) is 13.0. The summed E-state index contributed by atoms with van der Waals surface area (Å²) in [6.07, 6.45) is 2.31. The maximum absolute atomic E-state index is 12.1. The Morgan fingerprint density at radius 3 is 2.39 bits per heavy atom. The lowest BCUT2D eigenvalue weighted by atomic mass is 10.0. The highest BCUT2D eigenvalue weighted by Crippen LogP contribution is 2.07. The van der Waals surface area contributed by atoms with Crippen molar-refractivity contribution in [1.82, 2.24) is 10.3 Å². The Morgan fingerprint density at radius 2 is 1.83 bits per heavy atom. The van der Waals surface area contributed by atoms with E-state index < -0.39 is 0 Å². The van der Waals surface area contributed by atoms with Crippen LogP contribution in [0.4, 0.5) is 0 Å². The van der Waals surface area contributed by atoms with E-state index in [0.29, 0.717) is 24.1 Å². The molecule has 0 fully saturated rings. The van der Waals surface area contributed by atoms with Crippen LogP contribution in [0.3, 0.4) is 0 Å². The smallest absolute Gasteiger partial charge is 0.251 e. The number of aliphatic hydroxyl groups is 1. The van der Waals surface area contributed by atoms with Gasteiger partial charge in [0, 0.05) is 42.1 Å². The molecule has 0 aliphatic heterocycles. The number of nitrogens with zero attached hydrogens (tertiary/aromatic N) is 1. The number of ketones is 1. The maximum atomic E-state index is 12.1. The second kappa shape index (κ2) is 8.19. The number of benzene rings is 1. The number of carbonyl (C=O) groups excluding carboxylic acids is 2. The third-order valence-electron chi connectivity index (χ3n) is 3.59. The number of Topliss-reactive ketones (excluding diaryl/α,β-unsaturated/α-hetero) is 1. The Balaban J connectivity index is 1.90. The van der Waals surface area contributed by atoms with Gasteiger partial charge in [0.1, 0.15) is 0 Å². The monoisotopic (exact) mass is 312 g/mol. The summed E-state index contributed by atoms with van der Waals surface area (Å²) in [5, 5.41) is 12.3. The van der Waals surface area contributed by atoms with Gasteiger partial charge in [0.05, 0.1) is 0 Å². The minimum Gasteiger partial charge on any atom is -0.396 e. The number of rotatable bonds is 7. The molecule has 1 amide bonds. The van der Waals surface area contributed by atoms with Crippen LogP contribution in [-0.4, -0.2) is 34.9 Å². The summed E-state index contributed by atoms with van der Waals surface area (Å²) in [5.41, 5.74) is 1.95. The number of hydrogen-bond acceptors (Lipinski definition) is 4. The lowest BCUT2D eigenvalue weighted by Crippen LogP contribution is -2.32. The Bertz CT molecular complexity index is 654. The first-order valence-electron chi connectivity index (χ1n) is 7.50. The first-order chi connectivity index (χ1) is 11.1. The van der Waals surface area contributed by atoms with Crippen LogP contribution in [0.1, 0.15) is 33.3 Å².